The predicted octanol–water partition coefficient (Wildman–Crippen LogP) is 3.74. The van der Waals surface area contributed by atoms with Crippen LogP contribution in [0.1, 0.15) is 16.0 Å². The Balaban J connectivity index is 2.49. The van der Waals surface area contributed by atoms with Crippen LogP contribution in [0.15, 0.2) is 24.3 Å². The summed E-state index contributed by atoms with van der Waals surface area (Å²) < 4.78 is 4.46. The maximum atomic E-state index is 4.46. The molecular weight excluding hydrogens is 190 g/mol. The van der Waals surface area contributed by atoms with Crippen molar-refractivity contribution in [1.82, 2.24) is 4.37 Å². The van der Waals surface area contributed by atoms with E-state index in [0.29, 0.717) is 0 Å². The molecule has 0 atom stereocenters. The zero-order valence-electron chi connectivity index (χ0n) is 8.66. The molecule has 1 aromatic carbocycles. The third kappa shape index (κ3) is 1.58. The monoisotopic (exact) mass is 203 g/mol. The molecule has 0 aliphatic carbocycles. The fourth-order valence-corrected chi connectivity index (χ4v) is 2.10. The second-order valence-electron chi connectivity index (χ2n) is 3.58. The van der Waals surface area contributed by atoms with Gasteiger partial charge in [-0.1, -0.05) is 29.8 Å². The summed E-state index contributed by atoms with van der Waals surface area (Å²) in [5.74, 6) is 0. The molecule has 0 saturated carbocycles. The van der Waals surface area contributed by atoms with E-state index in [1.54, 1.807) is 11.5 Å². The van der Waals surface area contributed by atoms with Crippen LogP contribution < -0.4 is 0 Å². The lowest BCUT2D eigenvalue weighted by Gasteiger charge is -1.99. The molecule has 1 nitrogen and oxygen atoms in total. The molecule has 0 unspecified atom stereocenters. The van der Waals surface area contributed by atoms with Crippen LogP contribution in [0, 0.1) is 20.8 Å². The average Bonchev–Trinajstić information content (AvgIpc) is 2.50. The summed E-state index contributed by atoms with van der Waals surface area (Å²) in [7, 11) is 0. The number of aryl methyl sites for hydroxylation is 2. The number of hydrogen-bond donors (Lipinski definition) is 0. The highest BCUT2D eigenvalue weighted by atomic mass is 32.1. The minimum Gasteiger partial charge on any atom is -0.192 e. The van der Waals surface area contributed by atoms with E-state index in [4.69, 9.17) is 0 Å². The number of hydrogen-bond acceptors (Lipinski definition) is 2. The van der Waals surface area contributed by atoms with E-state index in [0.717, 1.165) is 5.69 Å². The summed E-state index contributed by atoms with van der Waals surface area (Å²) in [5, 5.41) is 0. The smallest absolute Gasteiger partial charge is 0.0872 e. The molecule has 0 N–H and O–H groups in total. The van der Waals surface area contributed by atoms with Gasteiger partial charge in [-0.05, 0) is 37.9 Å². The fraction of sp³-hybridized carbons (Fsp3) is 0.250. The van der Waals surface area contributed by atoms with Crippen molar-refractivity contribution in [2.45, 2.75) is 20.8 Å². The Morgan fingerprint density at radius 3 is 2.14 bits per heavy atom. The number of nitrogens with zero attached hydrogens (tertiary/aromatic N) is 1. The van der Waals surface area contributed by atoms with Gasteiger partial charge < -0.3 is 0 Å². The first kappa shape index (κ1) is 9.41. The third-order valence-corrected chi connectivity index (χ3v) is 3.34. The van der Waals surface area contributed by atoms with E-state index in [1.807, 2.05) is 0 Å². The highest BCUT2D eigenvalue weighted by Gasteiger charge is 2.07. The van der Waals surface area contributed by atoms with Crippen molar-refractivity contribution >= 4 is 11.5 Å². The minimum absolute atomic E-state index is 1.13. The molecule has 0 amide bonds. The lowest BCUT2D eigenvalue weighted by atomic mass is 10.1. The molecular formula is C12H13NS. The van der Waals surface area contributed by atoms with Crippen molar-refractivity contribution < 1.29 is 0 Å². The summed E-state index contributed by atoms with van der Waals surface area (Å²) in [6.07, 6.45) is 0. The Kier molecular flexibility index (Phi) is 2.38. The van der Waals surface area contributed by atoms with Gasteiger partial charge in [-0.25, -0.2) is 0 Å². The van der Waals surface area contributed by atoms with Crippen molar-refractivity contribution in [1.29, 1.82) is 0 Å². The standard InChI is InChI=1S/C12H13NS/c1-8-4-6-11(7-5-8)12-9(2)10(3)14-13-12/h4-7H,1-3H3. The number of benzene rings is 1. The van der Waals surface area contributed by atoms with Crippen molar-refractivity contribution in [2.24, 2.45) is 0 Å². The normalized spacial score (nSPS) is 10.5. The van der Waals surface area contributed by atoms with E-state index in [2.05, 4.69) is 49.4 Å². The molecule has 0 spiro atoms. The van der Waals surface area contributed by atoms with E-state index in [-0.39, 0.29) is 0 Å². The van der Waals surface area contributed by atoms with Crippen LogP contribution in [0.2, 0.25) is 0 Å². The zero-order valence-corrected chi connectivity index (χ0v) is 9.48. The molecule has 14 heavy (non-hydrogen) atoms. The Hall–Kier alpha value is -1.15. The first-order chi connectivity index (χ1) is 6.68. The van der Waals surface area contributed by atoms with Crippen LogP contribution in [-0.4, -0.2) is 4.37 Å². The van der Waals surface area contributed by atoms with Gasteiger partial charge in [-0.2, -0.15) is 4.37 Å². The molecule has 2 aromatic rings. The molecule has 0 saturated heterocycles. The highest BCUT2D eigenvalue weighted by Crippen LogP contribution is 2.26. The third-order valence-electron chi connectivity index (χ3n) is 2.48. The van der Waals surface area contributed by atoms with Crippen molar-refractivity contribution in [3.8, 4) is 11.3 Å². The molecule has 1 aromatic heterocycles. The molecule has 0 aliphatic rings. The van der Waals surface area contributed by atoms with E-state index < -0.39 is 0 Å². The molecule has 72 valence electrons. The molecule has 1 heterocycles. The van der Waals surface area contributed by atoms with Crippen LogP contribution in [0.5, 0.6) is 0 Å². The summed E-state index contributed by atoms with van der Waals surface area (Å²) >= 11 is 1.58. The Labute approximate surface area is 88.6 Å². The zero-order chi connectivity index (χ0) is 10.1. The van der Waals surface area contributed by atoms with Gasteiger partial charge >= 0.3 is 0 Å². The van der Waals surface area contributed by atoms with Crippen LogP contribution in [0.4, 0.5) is 0 Å². The largest absolute Gasteiger partial charge is 0.192 e. The molecule has 2 heteroatoms. The van der Waals surface area contributed by atoms with Crippen LogP contribution in [0.3, 0.4) is 0 Å². The Morgan fingerprint density at radius 1 is 1.00 bits per heavy atom. The number of aromatic nitrogens is 1. The lowest BCUT2D eigenvalue weighted by molar-refractivity contribution is 1.38. The van der Waals surface area contributed by atoms with Gasteiger partial charge in [0.1, 0.15) is 0 Å². The van der Waals surface area contributed by atoms with Gasteiger partial charge in [0.25, 0.3) is 0 Å². The SMILES string of the molecule is Cc1ccc(-c2nsc(C)c2C)cc1. The first-order valence-electron chi connectivity index (χ1n) is 4.68. The van der Waals surface area contributed by atoms with Gasteiger partial charge in [0.05, 0.1) is 5.69 Å². The average molecular weight is 203 g/mol. The van der Waals surface area contributed by atoms with Crippen molar-refractivity contribution in [3.63, 3.8) is 0 Å². The van der Waals surface area contributed by atoms with Crippen LogP contribution >= 0.6 is 11.5 Å². The van der Waals surface area contributed by atoms with Crippen LogP contribution in [0.25, 0.3) is 11.3 Å². The van der Waals surface area contributed by atoms with Crippen molar-refractivity contribution in [3.05, 3.63) is 40.3 Å². The molecule has 0 bridgehead atoms. The summed E-state index contributed by atoms with van der Waals surface area (Å²) in [6.45, 7) is 6.35. The Morgan fingerprint density at radius 2 is 1.64 bits per heavy atom. The lowest BCUT2D eigenvalue weighted by Crippen LogP contribution is -1.81. The van der Waals surface area contributed by atoms with E-state index in [1.165, 1.54) is 21.6 Å². The van der Waals surface area contributed by atoms with E-state index in [9.17, 15) is 0 Å². The van der Waals surface area contributed by atoms with Crippen molar-refractivity contribution in [2.75, 3.05) is 0 Å². The second kappa shape index (κ2) is 3.54. The quantitative estimate of drug-likeness (QED) is 0.688. The highest BCUT2D eigenvalue weighted by molar-refractivity contribution is 7.06. The molecule has 0 radical (unpaired) electrons. The van der Waals surface area contributed by atoms with E-state index >= 15 is 0 Å². The summed E-state index contributed by atoms with van der Waals surface area (Å²) in [6, 6.07) is 8.53. The Bertz CT molecular complexity index is 440. The van der Waals surface area contributed by atoms with Gasteiger partial charge in [-0.15, -0.1) is 0 Å². The minimum atomic E-state index is 1.13. The molecule has 0 fully saturated rings. The maximum absolute atomic E-state index is 4.46. The van der Waals surface area contributed by atoms with Crippen LogP contribution in [-0.2, 0) is 0 Å². The predicted molar refractivity (Wildman–Crippen MR) is 61.8 cm³/mol. The topological polar surface area (TPSA) is 12.9 Å². The second-order valence-corrected chi connectivity index (χ2v) is 4.56. The summed E-state index contributed by atoms with van der Waals surface area (Å²) in [4.78, 5) is 1.31. The summed E-state index contributed by atoms with van der Waals surface area (Å²) in [5.41, 5.74) is 4.95. The van der Waals surface area contributed by atoms with Gasteiger partial charge in [0, 0.05) is 10.4 Å². The molecule has 2 rings (SSSR count). The number of rotatable bonds is 1. The van der Waals surface area contributed by atoms with Gasteiger partial charge in [0.15, 0.2) is 0 Å². The maximum Gasteiger partial charge on any atom is 0.0872 e. The van der Waals surface area contributed by atoms with Gasteiger partial charge in [0.2, 0.25) is 0 Å². The molecule has 0 aliphatic heterocycles. The fourth-order valence-electron chi connectivity index (χ4n) is 1.40. The van der Waals surface area contributed by atoms with Gasteiger partial charge in [-0.3, -0.25) is 0 Å². The first-order valence-corrected chi connectivity index (χ1v) is 5.46.